The number of amides is 3. The van der Waals surface area contributed by atoms with Gasteiger partial charge in [0.05, 0.1) is 10.7 Å². The first-order chi connectivity index (χ1) is 11.8. The Hall–Kier alpha value is -2.41. The molecule has 1 fully saturated rings. The Bertz CT molecular complexity index is 808. The number of halogens is 2. The van der Waals surface area contributed by atoms with Crippen molar-refractivity contribution in [1.29, 1.82) is 0 Å². The molecule has 1 aromatic rings. The largest absolute Gasteiger partial charge is 0.481 e. The number of carbonyl (C=O) groups is 3. The summed E-state index contributed by atoms with van der Waals surface area (Å²) in [6, 6.07) is 1.53. The number of anilines is 1. The number of urea groups is 1. The molecule has 0 saturated carbocycles. The molecule has 0 aromatic heterocycles. The summed E-state index contributed by atoms with van der Waals surface area (Å²) in [6.07, 6.45) is 2.30. The van der Waals surface area contributed by atoms with E-state index in [0.717, 1.165) is 17.4 Å². The first-order valence-electron chi connectivity index (χ1n) is 7.83. The number of imide groups is 1. The third kappa shape index (κ3) is 3.00. The minimum atomic E-state index is -0.824. The number of ketones is 1. The Morgan fingerprint density at radius 2 is 2.08 bits per heavy atom. The Balaban J connectivity index is 2.01. The highest BCUT2D eigenvalue weighted by Gasteiger charge is 2.43. The first-order valence-corrected chi connectivity index (χ1v) is 8.21. The number of allylic oxidation sites excluding steroid dienone is 1. The molecule has 1 aromatic carbocycles. The molecule has 6 nitrogen and oxygen atoms in total. The summed E-state index contributed by atoms with van der Waals surface area (Å²) in [7, 11) is 0. The van der Waals surface area contributed by atoms with Crippen LogP contribution in [0.3, 0.4) is 0 Å². The zero-order valence-electron chi connectivity index (χ0n) is 13.7. The zero-order valence-corrected chi connectivity index (χ0v) is 14.5. The van der Waals surface area contributed by atoms with Crippen LogP contribution in [-0.2, 0) is 9.59 Å². The standard InChI is InChI=1S/C17H16ClFN2O4/c1-9(22)10(2)25-15-8-14(12(19)7-11(15)18)21-16(23)13-5-3-4-6-20(13)17(21)24/h5,7-8,10H,3-4,6H2,1-2H3. The highest BCUT2D eigenvalue weighted by molar-refractivity contribution is 6.32. The van der Waals surface area contributed by atoms with Gasteiger partial charge in [-0.05, 0) is 32.8 Å². The maximum absolute atomic E-state index is 14.4. The Morgan fingerprint density at radius 3 is 2.72 bits per heavy atom. The van der Waals surface area contributed by atoms with Gasteiger partial charge in [-0.15, -0.1) is 0 Å². The van der Waals surface area contributed by atoms with Crippen molar-refractivity contribution in [3.63, 3.8) is 0 Å². The highest BCUT2D eigenvalue weighted by atomic mass is 35.5. The van der Waals surface area contributed by atoms with Crippen LogP contribution in [-0.4, -0.2) is 35.3 Å². The van der Waals surface area contributed by atoms with Crippen LogP contribution in [0.1, 0.15) is 26.7 Å². The van der Waals surface area contributed by atoms with Crippen LogP contribution < -0.4 is 9.64 Å². The molecule has 25 heavy (non-hydrogen) atoms. The van der Waals surface area contributed by atoms with Crippen LogP contribution in [0.2, 0.25) is 5.02 Å². The van der Waals surface area contributed by atoms with Gasteiger partial charge in [0.1, 0.15) is 17.3 Å². The van der Waals surface area contributed by atoms with Crippen molar-refractivity contribution in [2.45, 2.75) is 32.8 Å². The lowest BCUT2D eigenvalue weighted by Gasteiger charge is -2.20. The quantitative estimate of drug-likeness (QED) is 0.767. The normalized spacial score (nSPS) is 18.2. The second-order valence-corrected chi connectivity index (χ2v) is 6.32. The van der Waals surface area contributed by atoms with Crippen molar-refractivity contribution in [3.05, 3.63) is 34.7 Å². The van der Waals surface area contributed by atoms with E-state index in [1.54, 1.807) is 6.08 Å². The molecule has 132 valence electrons. The van der Waals surface area contributed by atoms with Crippen molar-refractivity contribution >= 4 is 35.0 Å². The second-order valence-electron chi connectivity index (χ2n) is 5.91. The smallest absolute Gasteiger partial charge is 0.336 e. The molecule has 2 heterocycles. The van der Waals surface area contributed by atoms with E-state index in [4.69, 9.17) is 16.3 Å². The van der Waals surface area contributed by atoms with Crippen molar-refractivity contribution < 1.29 is 23.5 Å². The van der Waals surface area contributed by atoms with Crippen LogP contribution in [0.15, 0.2) is 23.9 Å². The lowest BCUT2D eigenvalue weighted by Crippen LogP contribution is -2.34. The van der Waals surface area contributed by atoms with E-state index in [2.05, 4.69) is 0 Å². The number of carbonyl (C=O) groups excluding carboxylic acids is 3. The molecule has 1 unspecified atom stereocenters. The predicted molar refractivity (Wildman–Crippen MR) is 89.1 cm³/mol. The molecule has 0 bridgehead atoms. The summed E-state index contributed by atoms with van der Waals surface area (Å²) >= 11 is 5.97. The highest BCUT2D eigenvalue weighted by Crippen LogP contribution is 2.37. The molecular weight excluding hydrogens is 351 g/mol. The minimum Gasteiger partial charge on any atom is -0.481 e. The summed E-state index contributed by atoms with van der Waals surface area (Å²) in [4.78, 5) is 38.5. The summed E-state index contributed by atoms with van der Waals surface area (Å²) in [6.45, 7) is 3.28. The summed E-state index contributed by atoms with van der Waals surface area (Å²) < 4.78 is 19.8. The average molecular weight is 367 g/mol. The topological polar surface area (TPSA) is 66.9 Å². The molecule has 1 atom stereocenters. The third-order valence-electron chi connectivity index (χ3n) is 4.18. The summed E-state index contributed by atoms with van der Waals surface area (Å²) in [5.74, 6) is -1.62. The number of hydrogen-bond donors (Lipinski definition) is 0. The molecule has 2 aliphatic heterocycles. The van der Waals surface area contributed by atoms with Gasteiger partial charge < -0.3 is 4.74 Å². The van der Waals surface area contributed by atoms with Crippen molar-refractivity contribution in [2.24, 2.45) is 0 Å². The van der Waals surface area contributed by atoms with Crippen LogP contribution in [0.4, 0.5) is 14.9 Å². The number of ether oxygens (including phenoxy) is 1. The lowest BCUT2D eigenvalue weighted by atomic mass is 10.2. The Morgan fingerprint density at radius 1 is 1.36 bits per heavy atom. The SMILES string of the molecule is CC(=O)C(C)Oc1cc(N2C(=O)C3=CCCCN3C2=O)c(F)cc1Cl. The zero-order chi connectivity index (χ0) is 18.3. The van der Waals surface area contributed by atoms with Crippen molar-refractivity contribution in [3.8, 4) is 5.75 Å². The third-order valence-corrected chi connectivity index (χ3v) is 4.47. The fourth-order valence-corrected chi connectivity index (χ4v) is 2.90. The van der Waals surface area contributed by atoms with E-state index in [9.17, 15) is 18.8 Å². The fraction of sp³-hybridized carbons (Fsp3) is 0.353. The van der Waals surface area contributed by atoms with Gasteiger partial charge >= 0.3 is 6.03 Å². The molecule has 0 N–H and O–H groups in total. The van der Waals surface area contributed by atoms with Gasteiger partial charge in [-0.25, -0.2) is 14.1 Å². The number of nitrogens with zero attached hydrogens (tertiary/aromatic N) is 2. The number of fused-ring (bicyclic) bond motifs is 1. The van der Waals surface area contributed by atoms with Gasteiger partial charge in [-0.1, -0.05) is 17.7 Å². The van der Waals surface area contributed by atoms with Gasteiger partial charge in [-0.3, -0.25) is 14.5 Å². The van der Waals surface area contributed by atoms with E-state index in [1.165, 1.54) is 24.8 Å². The van der Waals surface area contributed by atoms with Crippen LogP contribution in [0, 0.1) is 5.82 Å². The Kier molecular flexibility index (Phi) is 4.51. The molecule has 1 saturated heterocycles. The molecule has 0 aliphatic carbocycles. The van der Waals surface area contributed by atoms with Gasteiger partial charge in [0.2, 0.25) is 0 Å². The van der Waals surface area contributed by atoms with Gasteiger partial charge in [0.25, 0.3) is 5.91 Å². The maximum Gasteiger partial charge on any atom is 0.336 e. The predicted octanol–water partition coefficient (Wildman–Crippen LogP) is 3.28. The number of hydrogen-bond acceptors (Lipinski definition) is 4. The number of rotatable bonds is 4. The van der Waals surface area contributed by atoms with Crippen molar-refractivity contribution in [1.82, 2.24) is 4.90 Å². The molecule has 3 rings (SSSR count). The van der Waals surface area contributed by atoms with Crippen molar-refractivity contribution in [2.75, 3.05) is 11.4 Å². The lowest BCUT2D eigenvalue weighted by molar-refractivity contribution is -0.122. The summed E-state index contributed by atoms with van der Waals surface area (Å²) in [5.41, 5.74) is 0.00521. The summed E-state index contributed by atoms with van der Waals surface area (Å²) in [5, 5.41) is -0.0506. The molecule has 3 amide bonds. The van der Waals surface area contributed by atoms with E-state index in [1.807, 2.05) is 0 Å². The van der Waals surface area contributed by atoms with Gasteiger partial charge in [0, 0.05) is 12.6 Å². The van der Waals surface area contributed by atoms with E-state index in [-0.39, 0.29) is 27.9 Å². The van der Waals surface area contributed by atoms with Crippen LogP contribution >= 0.6 is 11.6 Å². The van der Waals surface area contributed by atoms with Gasteiger partial charge in [0.15, 0.2) is 11.9 Å². The monoisotopic (exact) mass is 366 g/mol. The first kappa shape index (κ1) is 17.4. The molecule has 0 radical (unpaired) electrons. The molecule has 8 heteroatoms. The minimum absolute atomic E-state index is 0.0280. The number of Topliss-reactive ketones (excluding diaryl/α,β-unsaturated/α-hetero) is 1. The molecule has 2 aliphatic rings. The molecular formula is C17H16ClFN2O4. The van der Waals surface area contributed by atoms with E-state index < -0.39 is 23.9 Å². The van der Waals surface area contributed by atoms with Crippen LogP contribution in [0.25, 0.3) is 0 Å². The average Bonchev–Trinajstić information content (AvgIpc) is 2.82. The van der Waals surface area contributed by atoms with Gasteiger partial charge in [-0.2, -0.15) is 0 Å². The Labute approximate surface area is 148 Å². The number of benzene rings is 1. The molecule has 0 spiro atoms. The maximum atomic E-state index is 14.4. The second kappa shape index (κ2) is 6.48. The van der Waals surface area contributed by atoms with E-state index in [0.29, 0.717) is 13.0 Å². The fourth-order valence-electron chi connectivity index (χ4n) is 2.71. The van der Waals surface area contributed by atoms with E-state index >= 15 is 0 Å². The van der Waals surface area contributed by atoms with Crippen LogP contribution in [0.5, 0.6) is 5.75 Å².